The summed E-state index contributed by atoms with van der Waals surface area (Å²) in [5, 5.41) is 9.67. The first kappa shape index (κ1) is 19.8. The molecular weight excluding hydrogens is 328 g/mol. The molecule has 2 atom stereocenters. The molecule has 0 fully saturated rings. The molecule has 0 aliphatic carbocycles. The van der Waals surface area contributed by atoms with Crippen LogP contribution >= 0.6 is 0 Å². The normalized spacial score (nSPS) is 13.0. The summed E-state index contributed by atoms with van der Waals surface area (Å²) >= 11 is 0. The van der Waals surface area contributed by atoms with Gasteiger partial charge in [-0.3, -0.25) is 0 Å². The zero-order valence-corrected chi connectivity index (χ0v) is 15.4. The first-order valence-corrected chi connectivity index (χ1v) is 8.85. The van der Waals surface area contributed by atoms with Gasteiger partial charge in [0.15, 0.2) is 0 Å². The van der Waals surface area contributed by atoms with Gasteiger partial charge in [-0.1, -0.05) is 47.9 Å². The summed E-state index contributed by atoms with van der Waals surface area (Å²) in [6, 6.07) is 14.1. The maximum absolute atomic E-state index is 13.2. The number of hydrogen-bond acceptors (Lipinski definition) is 1. The average molecular weight is 353 g/mol. The van der Waals surface area contributed by atoms with Gasteiger partial charge < -0.3 is 10.0 Å². The third-order valence-corrected chi connectivity index (χ3v) is 4.78. The Labute approximate surface area is 155 Å². The fraction of sp³-hybridized carbons (Fsp3) is 0.286. The number of amides is 1. The predicted octanol–water partition coefficient (Wildman–Crippen LogP) is 3.88. The summed E-state index contributed by atoms with van der Waals surface area (Å²) in [6.45, 7) is 6.10. The molecule has 2 rings (SSSR count). The van der Waals surface area contributed by atoms with Crippen molar-refractivity contribution < 1.29 is 14.3 Å². The summed E-state index contributed by atoms with van der Waals surface area (Å²) in [7, 11) is 2.01. The van der Waals surface area contributed by atoms with Crippen molar-refractivity contribution >= 4 is 19.4 Å². The molecule has 0 saturated heterocycles. The second kappa shape index (κ2) is 9.23. The first-order chi connectivity index (χ1) is 12.4. The smallest absolute Gasteiger partial charge is 0.407 e. The van der Waals surface area contributed by atoms with E-state index >= 15 is 0 Å². The highest BCUT2D eigenvalue weighted by atomic mass is 19.1. The summed E-state index contributed by atoms with van der Waals surface area (Å²) in [4.78, 5) is 13.3. The highest BCUT2D eigenvalue weighted by Crippen LogP contribution is 2.27. The molecule has 2 aromatic carbocycles. The summed E-state index contributed by atoms with van der Waals surface area (Å²) in [5.41, 5.74) is 3.12. The second-order valence-electron chi connectivity index (χ2n) is 6.62. The molecule has 0 bridgehead atoms. The van der Waals surface area contributed by atoms with E-state index < -0.39 is 6.09 Å². The molecule has 0 saturated carbocycles. The lowest BCUT2D eigenvalue weighted by Gasteiger charge is -2.28. The highest BCUT2D eigenvalue weighted by molar-refractivity contribution is 6.32. The first-order valence-electron chi connectivity index (χ1n) is 8.85. The van der Waals surface area contributed by atoms with E-state index in [0.29, 0.717) is 13.0 Å². The summed E-state index contributed by atoms with van der Waals surface area (Å²) in [5.74, 6) is -0.161. The SMILES string of the molecule is Bc1ccc([C@H](C)N(CC[C@H](CC=C)c2ccc(F)cc2)C(=O)O)cc1. The van der Waals surface area contributed by atoms with Gasteiger partial charge in [-0.15, -0.1) is 6.58 Å². The molecule has 26 heavy (non-hydrogen) atoms. The molecule has 5 heteroatoms. The van der Waals surface area contributed by atoms with Gasteiger partial charge in [-0.05, 0) is 48.9 Å². The Kier molecular flexibility index (Phi) is 7.02. The molecule has 136 valence electrons. The van der Waals surface area contributed by atoms with Gasteiger partial charge in [-0.2, -0.15) is 0 Å². The third-order valence-electron chi connectivity index (χ3n) is 4.78. The fourth-order valence-electron chi connectivity index (χ4n) is 3.13. The van der Waals surface area contributed by atoms with Gasteiger partial charge in [0.25, 0.3) is 0 Å². The molecule has 0 aromatic heterocycles. The van der Waals surface area contributed by atoms with Gasteiger partial charge in [-0.25, -0.2) is 9.18 Å². The van der Waals surface area contributed by atoms with Crippen molar-refractivity contribution in [3.05, 3.63) is 78.1 Å². The average Bonchev–Trinajstić information content (AvgIpc) is 2.62. The topological polar surface area (TPSA) is 40.5 Å². The zero-order chi connectivity index (χ0) is 19.1. The number of rotatable bonds is 8. The van der Waals surface area contributed by atoms with E-state index in [1.165, 1.54) is 17.0 Å². The molecule has 0 heterocycles. The van der Waals surface area contributed by atoms with Crippen molar-refractivity contribution in [1.82, 2.24) is 4.90 Å². The number of benzene rings is 2. The Morgan fingerprint density at radius 1 is 1.19 bits per heavy atom. The van der Waals surface area contributed by atoms with Crippen LogP contribution in [0.5, 0.6) is 0 Å². The lowest BCUT2D eigenvalue weighted by atomic mass is 9.91. The van der Waals surface area contributed by atoms with Crippen molar-refractivity contribution in [2.45, 2.75) is 31.7 Å². The minimum Gasteiger partial charge on any atom is -0.465 e. The molecule has 3 nitrogen and oxygen atoms in total. The Bertz CT molecular complexity index is 731. The number of allylic oxidation sites excluding steroid dienone is 1. The number of carbonyl (C=O) groups is 1. The van der Waals surface area contributed by atoms with Crippen LogP contribution in [0.3, 0.4) is 0 Å². The van der Waals surface area contributed by atoms with Crippen molar-refractivity contribution in [2.24, 2.45) is 0 Å². The van der Waals surface area contributed by atoms with Crippen LogP contribution in [0, 0.1) is 5.82 Å². The number of nitrogens with zero attached hydrogens (tertiary/aromatic N) is 1. The maximum Gasteiger partial charge on any atom is 0.407 e. The minimum atomic E-state index is -0.936. The zero-order valence-electron chi connectivity index (χ0n) is 15.4. The minimum absolute atomic E-state index is 0.111. The maximum atomic E-state index is 13.2. The number of halogens is 1. The Morgan fingerprint density at radius 2 is 1.77 bits per heavy atom. The molecule has 0 aliphatic heterocycles. The van der Waals surface area contributed by atoms with Crippen molar-refractivity contribution in [2.75, 3.05) is 6.54 Å². The van der Waals surface area contributed by atoms with E-state index in [4.69, 9.17) is 0 Å². The molecule has 1 amide bonds. The number of carboxylic acid groups (broad SMARTS) is 1. The Balaban J connectivity index is 2.12. The van der Waals surface area contributed by atoms with Gasteiger partial charge in [0.05, 0.1) is 6.04 Å². The largest absolute Gasteiger partial charge is 0.465 e. The van der Waals surface area contributed by atoms with Crippen LogP contribution in [0.2, 0.25) is 0 Å². The van der Waals surface area contributed by atoms with Crippen molar-refractivity contribution in [3.8, 4) is 0 Å². The van der Waals surface area contributed by atoms with Crippen molar-refractivity contribution in [3.63, 3.8) is 0 Å². The van der Waals surface area contributed by atoms with Crippen molar-refractivity contribution in [1.29, 1.82) is 0 Å². The van der Waals surface area contributed by atoms with E-state index in [0.717, 1.165) is 23.0 Å². The quantitative estimate of drug-likeness (QED) is 0.578. The number of hydrogen-bond donors (Lipinski definition) is 1. The molecule has 2 aromatic rings. The highest BCUT2D eigenvalue weighted by Gasteiger charge is 2.22. The van der Waals surface area contributed by atoms with Gasteiger partial charge in [0.2, 0.25) is 0 Å². The second-order valence-corrected chi connectivity index (χ2v) is 6.62. The molecular formula is C21H25BFNO2. The van der Waals surface area contributed by atoms with E-state index in [2.05, 4.69) is 6.58 Å². The van der Waals surface area contributed by atoms with Gasteiger partial charge in [0, 0.05) is 6.54 Å². The molecule has 1 N–H and O–H groups in total. The standard InChI is InChI=1S/C21H25BFNO2/c1-3-4-17(18-7-11-20(23)12-8-18)13-14-24(21(25)26)15(2)16-5-9-19(22)10-6-16/h3,5-12,15,17H,1,4,13-14,22H2,2H3,(H,25,26)/t15-,17-/m0/s1. The molecule has 0 unspecified atom stereocenters. The van der Waals surface area contributed by atoms with Crippen LogP contribution in [0.1, 0.15) is 42.9 Å². The van der Waals surface area contributed by atoms with Crippen LogP contribution in [0.15, 0.2) is 61.2 Å². The molecule has 0 spiro atoms. The fourth-order valence-corrected chi connectivity index (χ4v) is 3.13. The van der Waals surface area contributed by atoms with Gasteiger partial charge in [0.1, 0.15) is 13.7 Å². The lowest BCUT2D eigenvalue weighted by molar-refractivity contribution is 0.126. The van der Waals surface area contributed by atoms with Crippen LogP contribution in [0.25, 0.3) is 0 Å². The lowest BCUT2D eigenvalue weighted by Crippen LogP contribution is -2.34. The predicted molar refractivity (Wildman–Crippen MR) is 106 cm³/mol. The Hall–Kier alpha value is -2.56. The van der Waals surface area contributed by atoms with E-state index in [1.54, 1.807) is 12.1 Å². The molecule has 0 radical (unpaired) electrons. The monoisotopic (exact) mass is 353 g/mol. The third kappa shape index (κ3) is 5.22. The van der Waals surface area contributed by atoms with Crippen LogP contribution in [-0.4, -0.2) is 30.5 Å². The van der Waals surface area contributed by atoms with E-state index in [9.17, 15) is 14.3 Å². The summed E-state index contributed by atoms with van der Waals surface area (Å²) < 4.78 is 13.2. The Morgan fingerprint density at radius 3 is 2.31 bits per heavy atom. The van der Waals surface area contributed by atoms with Crippen LogP contribution in [0.4, 0.5) is 9.18 Å². The molecule has 0 aliphatic rings. The van der Waals surface area contributed by atoms with Gasteiger partial charge >= 0.3 is 6.09 Å². The van der Waals surface area contributed by atoms with E-state index in [1.807, 2.05) is 45.1 Å². The summed E-state index contributed by atoms with van der Waals surface area (Å²) in [6.07, 6.45) is 2.26. The van der Waals surface area contributed by atoms with Crippen LogP contribution in [-0.2, 0) is 0 Å². The van der Waals surface area contributed by atoms with Crippen LogP contribution < -0.4 is 5.46 Å². The van der Waals surface area contributed by atoms with E-state index in [-0.39, 0.29) is 17.8 Å².